The van der Waals surface area contributed by atoms with Gasteiger partial charge < -0.3 is 0 Å². The molecule has 1 aromatic heterocycles. The van der Waals surface area contributed by atoms with Crippen LogP contribution in [0.1, 0.15) is 11.4 Å². The Morgan fingerprint density at radius 2 is 2.06 bits per heavy atom. The van der Waals surface area contributed by atoms with Crippen LogP contribution < -0.4 is 0 Å². The molecule has 0 unspecified atom stereocenters. The van der Waals surface area contributed by atoms with Crippen molar-refractivity contribution in [3.8, 4) is 5.69 Å². The van der Waals surface area contributed by atoms with Crippen LogP contribution in [-0.4, -0.2) is 20.2 Å². The Morgan fingerprint density at radius 1 is 1.33 bits per heavy atom. The Morgan fingerprint density at radius 3 is 2.67 bits per heavy atom. The van der Waals surface area contributed by atoms with Crippen LogP contribution >= 0.6 is 27.5 Å². The van der Waals surface area contributed by atoms with Crippen LogP contribution in [0.2, 0.25) is 0 Å². The summed E-state index contributed by atoms with van der Waals surface area (Å²) in [4.78, 5) is 0. The van der Waals surface area contributed by atoms with Gasteiger partial charge in [-0.15, -0.1) is 16.7 Å². The molecule has 1 aromatic carbocycles. The lowest BCUT2D eigenvalue weighted by atomic mass is 10.2. The topological polar surface area (TPSA) is 43.6 Å². The van der Waals surface area contributed by atoms with Crippen LogP contribution in [0.4, 0.5) is 13.2 Å². The standard InChI is InChI=1S/C9H5BrClF3N4/c10-6-2-1-5(9(12,13)14)3-7(6)18-8(4-11)15-16-17-18/h1-3H,4H2. The molecule has 0 bridgehead atoms. The van der Waals surface area contributed by atoms with Gasteiger partial charge in [0.2, 0.25) is 0 Å². The maximum absolute atomic E-state index is 12.6. The van der Waals surface area contributed by atoms with Crippen molar-refractivity contribution in [2.45, 2.75) is 12.1 Å². The molecule has 0 aliphatic carbocycles. The monoisotopic (exact) mass is 340 g/mol. The Bertz CT molecular complexity index is 569. The highest BCUT2D eigenvalue weighted by Crippen LogP contribution is 2.33. The second-order valence-corrected chi connectivity index (χ2v) is 4.43. The molecule has 96 valence electrons. The molecule has 0 spiro atoms. The lowest BCUT2D eigenvalue weighted by Crippen LogP contribution is -2.08. The number of aromatic nitrogens is 4. The predicted octanol–water partition coefficient (Wildman–Crippen LogP) is 3.18. The van der Waals surface area contributed by atoms with Crippen molar-refractivity contribution in [2.24, 2.45) is 0 Å². The Kier molecular flexibility index (Phi) is 3.58. The zero-order valence-electron chi connectivity index (χ0n) is 8.62. The zero-order chi connectivity index (χ0) is 13.3. The first-order chi connectivity index (χ1) is 8.43. The second-order valence-electron chi connectivity index (χ2n) is 3.30. The summed E-state index contributed by atoms with van der Waals surface area (Å²) in [5, 5.41) is 10.6. The molecule has 0 saturated carbocycles. The summed E-state index contributed by atoms with van der Waals surface area (Å²) in [7, 11) is 0. The van der Waals surface area contributed by atoms with Gasteiger partial charge in [-0.25, -0.2) is 0 Å². The number of nitrogens with zero attached hydrogens (tertiary/aromatic N) is 4. The highest BCUT2D eigenvalue weighted by molar-refractivity contribution is 9.10. The largest absolute Gasteiger partial charge is 0.416 e. The number of rotatable bonds is 2. The molecule has 0 N–H and O–H groups in total. The number of hydrogen-bond acceptors (Lipinski definition) is 3. The van der Waals surface area contributed by atoms with E-state index in [0.29, 0.717) is 4.47 Å². The molecule has 0 atom stereocenters. The highest BCUT2D eigenvalue weighted by Gasteiger charge is 2.31. The van der Waals surface area contributed by atoms with E-state index in [2.05, 4.69) is 31.5 Å². The van der Waals surface area contributed by atoms with Crippen molar-refractivity contribution in [2.75, 3.05) is 0 Å². The van der Waals surface area contributed by atoms with E-state index >= 15 is 0 Å². The number of benzene rings is 1. The van der Waals surface area contributed by atoms with Gasteiger partial charge in [0.1, 0.15) is 0 Å². The zero-order valence-corrected chi connectivity index (χ0v) is 11.0. The summed E-state index contributed by atoms with van der Waals surface area (Å²) in [6.45, 7) is 0. The van der Waals surface area contributed by atoms with Gasteiger partial charge in [0.15, 0.2) is 5.82 Å². The molecule has 1 heterocycles. The minimum atomic E-state index is -4.43. The van der Waals surface area contributed by atoms with Gasteiger partial charge in [0.25, 0.3) is 0 Å². The van der Waals surface area contributed by atoms with Crippen LogP contribution in [0.25, 0.3) is 5.69 Å². The lowest BCUT2D eigenvalue weighted by Gasteiger charge is -2.10. The van der Waals surface area contributed by atoms with Crippen molar-refractivity contribution < 1.29 is 13.2 Å². The normalized spacial score (nSPS) is 11.8. The van der Waals surface area contributed by atoms with Gasteiger partial charge in [0.05, 0.1) is 17.1 Å². The molecule has 0 fully saturated rings. The molecule has 0 aliphatic heterocycles. The van der Waals surface area contributed by atoms with E-state index < -0.39 is 11.7 Å². The molecule has 2 aromatic rings. The summed E-state index contributed by atoms with van der Waals surface area (Å²) in [5.41, 5.74) is -0.595. The third-order valence-electron chi connectivity index (χ3n) is 2.16. The number of alkyl halides is 4. The molecule has 0 aliphatic rings. The van der Waals surface area contributed by atoms with E-state index in [9.17, 15) is 13.2 Å². The first-order valence-corrected chi connectivity index (χ1v) is 5.96. The molecule has 0 amide bonds. The minimum absolute atomic E-state index is 0.00428. The summed E-state index contributed by atoms with van der Waals surface area (Å²) in [5.74, 6) is 0.257. The van der Waals surface area contributed by atoms with Gasteiger partial charge in [-0.1, -0.05) is 0 Å². The maximum atomic E-state index is 12.6. The average Bonchev–Trinajstić information content (AvgIpc) is 2.76. The number of hydrogen-bond donors (Lipinski definition) is 0. The SMILES string of the molecule is FC(F)(F)c1ccc(Br)c(-n2nnnc2CCl)c1. The molecule has 4 nitrogen and oxygen atoms in total. The summed E-state index contributed by atoms with van der Waals surface area (Å²) >= 11 is 8.76. The maximum Gasteiger partial charge on any atom is 0.416 e. The van der Waals surface area contributed by atoms with E-state index in [4.69, 9.17) is 11.6 Å². The third-order valence-corrected chi connectivity index (χ3v) is 3.06. The smallest absolute Gasteiger partial charge is 0.195 e. The fourth-order valence-corrected chi connectivity index (χ4v) is 1.91. The molecule has 9 heteroatoms. The van der Waals surface area contributed by atoms with E-state index in [0.717, 1.165) is 16.8 Å². The van der Waals surface area contributed by atoms with Crippen LogP contribution in [-0.2, 0) is 12.1 Å². The van der Waals surface area contributed by atoms with Gasteiger partial charge in [0, 0.05) is 4.47 Å². The van der Waals surface area contributed by atoms with Crippen LogP contribution in [0, 0.1) is 0 Å². The molecular formula is C9H5BrClF3N4. The van der Waals surface area contributed by atoms with Crippen molar-refractivity contribution in [1.82, 2.24) is 20.2 Å². The molecule has 0 saturated heterocycles. The summed E-state index contributed by atoms with van der Waals surface area (Å²) < 4.78 is 39.5. The van der Waals surface area contributed by atoms with Gasteiger partial charge in [-0.05, 0) is 44.6 Å². The van der Waals surface area contributed by atoms with Crippen molar-refractivity contribution in [3.63, 3.8) is 0 Å². The molecule has 18 heavy (non-hydrogen) atoms. The van der Waals surface area contributed by atoms with Gasteiger partial charge >= 0.3 is 6.18 Å². The molecular weight excluding hydrogens is 336 g/mol. The van der Waals surface area contributed by atoms with Crippen LogP contribution in [0.15, 0.2) is 22.7 Å². The van der Waals surface area contributed by atoms with E-state index in [1.807, 2.05) is 0 Å². The van der Waals surface area contributed by atoms with Crippen molar-refractivity contribution in [1.29, 1.82) is 0 Å². The van der Waals surface area contributed by atoms with Gasteiger partial charge in [-0.3, -0.25) is 0 Å². The van der Waals surface area contributed by atoms with Gasteiger partial charge in [-0.2, -0.15) is 17.9 Å². The first-order valence-electron chi connectivity index (χ1n) is 4.64. The summed E-state index contributed by atoms with van der Waals surface area (Å²) in [6, 6.07) is 3.21. The first kappa shape index (κ1) is 13.3. The van der Waals surface area contributed by atoms with Crippen molar-refractivity contribution >= 4 is 27.5 Å². The van der Waals surface area contributed by atoms with E-state index in [1.54, 1.807) is 0 Å². The lowest BCUT2D eigenvalue weighted by molar-refractivity contribution is -0.137. The quantitative estimate of drug-likeness (QED) is 0.788. The van der Waals surface area contributed by atoms with Crippen LogP contribution in [0.3, 0.4) is 0 Å². The molecule has 0 radical (unpaired) electrons. The predicted molar refractivity (Wildman–Crippen MR) is 61.4 cm³/mol. The van der Waals surface area contributed by atoms with E-state index in [1.165, 1.54) is 6.07 Å². The fourth-order valence-electron chi connectivity index (χ4n) is 1.33. The third kappa shape index (κ3) is 2.49. The number of halogens is 5. The Labute approximate surface area is 113 Å². The minimum Gasteiger partial charge on any atom is -0.195 e. The Balaban J connectivity index is 2.57. The number of tetrazole rings is 1. The average molecular weight is 342 g/mol. The van der Waals surface area contributed by atoms with Crippen molar-refractivity contribution in [3.05, 3.63) is 34.1 Å². The molecule has 2 rings (SSSR count). The highest BCUT2D eigenvalue weighted by atomic mass is 79.9. The summed E-state index contributed by atoms with van der Waals surface area (Å²) in [6.07, 6.45) is -4.43. The fraction of sp³-hybridized carbons (Fsp3) is 0.222. The second kappa shape index (κ2) is 4.85. The van der Waals surface area contributed by atoms with Crippen LogP contribution in [0.5, 0.6) is 0 Å². The Hall–Kier alpha value is -1.15. The van der Waals surface area contributed by atoms with E-state index in [-0.39, 0.29) is 17.4 Å².